The van der Waals surface area contributed by atoms with Gasteiger partial charge in [0, 0.05) is 0 Å². The summed E-state index contributed by atoms with van der Waals surface area (Å²) in [4.78, 5) is 0.177. The molecule has 5 aromatic rings. The number of hydrogen-bond donors (Lipinski definition) is 2. The van der Waals surface area contributed by atoms with Gasteiger partial charge in [-0.3, -0.25) is 5.43 Å². The Hall–Kier alpha value is -4.56. The van der Waals surface area contributed by atoms with Crippen LogP contribution in [0.1, 0.15) is 23.6 Å². The summed E-state index contributed by atoms with van der Waals surface area (Å²) in [5.41, 5.74) is 8.08. The molecule has 6 rings (SSSR count). The third kappa shape index (κ3) is 4.54. The molecular formula is C34H30N4O2S. The third-order valence-electron chi connectivity index (χ3n) is 7.53. The summed E-state index contributed by atoms with van der Waals surface area (Å²) < 4.78 is 30.8. The number of rotatable bonds is 7. The van der Waals surface area contributed by atoms with E-state index in [1.807, 2.05) is 134 Å². The van der Waals surface area contributed by atoms with Crippen LogP contribution in [0, 0.1) is 0 Å². The summed E-state index contributed by atoms with van der Waals surface area (Å²) in [5, 5.41) is 5.08. The molecule has 1 aliphatic rings. The lowest BCUT2D eigenvalue weighted by molar-refractivity contribution is 0.237. The van der Waals surface area contributed by atoms with Gasteiger partial charge in [-0.2, -0.15) is 5.10 Å². The molecule has 41 heavy (non-hydrogen) atoms. The molecule has 0 spiro atoms. The molecule has 1 aliphatic heterocycles. The highest BCUT2D eigenvalue weighted by Gasteiger charge is 2.63. The molecular weight excluding hydrogens is 528 g/mol. The Kier molecular flexibility index (Phi) is 7.01. The van der Waals surface area contributed by atoms with Crippen molar-refractivity contribution in [1.82, 2.24) is 9.84 Å². The van der Waals surface area contributed by atoms with E-state index in [9.17, 15) is 8.42 Å². The van der Waals surface area contributed by atoms with Crippen molar-refractivity contribution < 1.29 is 8.42 Å². The quantitative estimate of drug-likeness (QED) is 0.223. The van der Waals surface area contributed by atoms with Crippen molar-refractivity contribution in [2.75, 3.05) is 5.43 Å². The van der Waals surface area contributed by atoms with E-state index >= 15 is 0 Å². The molecule has 1 fully saturated rings. The number of para-hydroxylation sites is 1. The van der Waals surface area contributed by atoms with E-state index in [1.54, 1.807) is 24.3 Å². The molecule has 0 saturated carbocycles. The average Bonchev–Trinajstić information content (AvgIpc) is 3.33. The van der Waals surface area contributed by atoms with Crippen molar-refractivity contribution >= 4 is 21.4 Å². The van der Waals surface area contributed by atoms with E-state index in [0.717, 1.165) is 22.4 Å². The number of hydrogen-bond acceptors (Lipinski definition) is 5. The number of sulfonamides is 1. The fourth-order valence-corrected chi connectivity index (χ4v) is 7.24. The van der Waals surface area contributed by atoms with E-state index in [0.29, 0.717) is 5.71 Å². The van der Waals surface area contributed by atoms with Gasteiger partial charge in [0.2, 0.25) is 0 Å². The van der Waals surface area contributed by atoms with Gasteiger partial charge in [-0.1, -0.05) is 127 Å². The maximum absolute atomic E-state index is 14.7. The molecule has 2 N–H and O–H groups in total. The average molecular weight is 559 g/mol. The Balaban J connectivity index is 1.72. The molecule has 5 aromatic carbocycles. The van der Waals surface area contributed by atoms with Crippen molar-refractivity contribution in [2.45, 2.75) is 22.9 Å². The zero-order valence-corrected chi connectivity index (χ0v) is 23.4. The standard InChI is InChI=1S/C34H30N4O2S/c1-33(27-17-7-2-8-18-27)32(36-35-30-23-13-5-14-24-30)34(28-19-9-3-10-20-28,29-21-11-4-12-22-29)38(37-33)41(39,40)31-25-15-6-16-26-31/h2-26,35,37H,1H3/b36-32+. The van der Waals surface area contributed by atoms with E-state index in [-0.39, 0.29) is 4.90 Å². The van der Waals surface area contributed by atoms with Crippen molar-refractivity contribution in [1.29, 1.82) is 0 Å². The molecule has 1 unspecified atom stereocenters. The van der Waals surface area contributed by atoms with Crippen LogP contribution in [0.15, 0.2) is 162 Å². The van der Waals surface area contributed by atoms with Gasteiger partial charge < -0.3 is 0 Å². The molecule has 0 radical (unpaired) electrons. The lowest BCUT2D eigenvalue weighted by Crippen LogP contribution is -2.52. The summed E-state index contributed by atoms with van der Waals surface area (Å²) >= 11 is 0. The predicted octanol–water partition coefficient (Wildman–Crippen LogP) is 6.52. The molecule has 0 aliphatic carbocycles. The van der Waals surface area contributed by atoms with Crippen LogP contribution in [0.3, 0.4) is 0 Å². The normalized spacial score (nSPS) is 19.7. The lowest BCUT2D eigenvalue weighted by atomic mass is 9.72. The van der Waals surface area contributed by atoms with Gasteiger partial charge in [-0.05, 0) is 47.9 Å². The number of benzene rings is 5. The number of hydrazone groups is 1. The van der Waals surface area contributed by atoms with Gasteiger partial charge in [-0.15, -0.1) is 4.41 Å². The van der Waals surface area contributed by atoms with Crippen LogP contribution in [-0.2, 0) is 21.1 Å². The molecule has 204 valence electrons. The summed E-state index contributed by atoms with van der Waals surface area (Å²) in [6.07, 6.45) is 0. The minimum atomic E-state index is -4.12. The zero-order valence-electron chi connectivity index (χ0n) is 22.6. The molecule has 7 heteroatoms. The highest BCUT2D eigenvalue weighted by atomic mass is 32.2. The minimum Gasteiger partial charge on any atom is -0.278 e. The Labute approximate surface area is 241 Å². The summed E-state index contributed by atoms with van der Waals surface area (Å²) in [7, 11) is -4.12. The van der Waals surface area contributed by atoms with E-state index in [2.05, 4.69) is 10.9 Å². The summed E-state index contributed by atoms with van der Waals surface area (Å²) in [6, 6.07) is 47.4. The van der Waals surface area contributed by atoms with Crippen LogP contribution in [0.25, 0.3) is 0 Å². The van der Waals surface area contributed by atoms with Crippen LogP contribution >= 0.6 is 0 Å². The van der Waals surface area contributed by atoms with E-state index in [4.69, 9.17) is 5.10 Å². The lowest BCUT2D eigenvalue weighted by Gasteiger charge is -2.38. The molecule has 1 atom stereocenters. The van der Waals surface area contributed by atoms with Crippen LogP contribution in [0.4, 0.5) is 5.69 Å². The van der Waals surface area contributed by atoms with Gasteiger partial charge in [0.1, 0.15) is 5.54 Å². The fraction of sp³-hybridized carbons (Fsp3) is 0.0882. The highest BCUT2D eigenvalue weighted by molar-refractivity contribution is 7.89. The maximum atomic E-state index is 14.7. The molecule has 0 bridgehead atoms. The zero-order chi connectivity index (χ0) is 28.3. The van der Waals surface area contributed by atoms with Crippen LogP contribution < -0.4 is 10.9 Å². The molecule has 0 aromatic heterocycles. The van der Waals surface area contributed by atoms with Crippen LogP contribution in [-0.4, -0.2) is 18.5 Å². The second kappa shape index (κ2) is 10.8. The van der Waals surface area contributed by atoms with E-state index < -0.39 is 21.1 Å². The Morgan fingerprint density at radius 2 is 1.02 bits per heavy atom. The Morgan fingerprint density at radius 1 is 0.610 bits per heavy atom. The van der Waals surface area contributed by atoms with Crippen LogP contribution in [0.5, 0.6) is 0 Å². The van der Waals surface area contributed by atoms with Crippen LogP contribution in [0.2, 0.25) is 0 Å². The fourth-order valence-electron chi connectivity index (χ4n) is 5.57. The van der Waals surface area contributed by atoms with Gasteiger partial charge in [0.15, 0.2) is 0 Å². The predicted molar refractivity (Wildman–Crippen MR) is 164 cm³/mol. The first-order chi connectivity index (χ1) is 20.0. The maximum Gasteiger partial charge on any atom is 0.257 e. The van der Waals surface area contributed by atoms with Crippen molar-refractivity contribution in [3.8, 4) is 0 Å². The Morgan fingerprint density at radius 3 is 1.51 bits per heavy atom. The molecule has 1 heterocycles. The van der Waals surface area contributed by atoms with Gasteiger partial charge in [-0.25, -0.2) is 13.8 Å². The third-order valence-corrected chi connectivity index (χ3v) is 9.25. The largest absolute Gasteiger partial charge is 0.278 e. The minimum absolute atomic E-state index is 0.177. The topological polar surface area (TPSA) is 73.8 Å². The second-order valence-corrected chi connectivity index (χ2v) is 11.9. The number of nitrogens with one attached hydrogen (secondary N) is 2. The van der Waals surface area contributed by atoms with Crippen molar-refractivity contribution in [3.05, 3.63) is 168 Å². The van der Waals surface area contributed by atoms with Gasteiger partial charge in [0.25, 0.3) is 10.0 Å². The SMILES string of the molecule is CC1(c2ccccc2)NN(S(=O)(=O)c2ccccc2)C(c2ccccc2)(c2ccccc2)/C1=N/Nc1ccccc1. The first kappa shape index (κ1) is 26.7. The monoisotopic (exact) mass is 558 g/mol. The van der Waals surface area contributed by atoms with Gasteiger partial charge in [0.05, 0.1) is 21.8 Å². The number of nitrogens with zero attached hydrogens (tertiary/aromatic N) is 2. The highest BCUT2D eigenvalue weighted by Crippen LogP contribution is 2.50. The summed E-state index contributed by atoms with van der Waals surface area (Å²) in [6.45, 7) is 1.98. The number of anilines is 1. The molecule has 6 nitrogen and oxygen atoms in total. The Bertz CT molecular complexity index is 1710. The van der Waals surface area contributed by atoms with E-state index in [1.165, 1.54) is 4.41 Å². The van der Waals surface area contributed by atoms with Gasteiger partial charge >= 0.3 is 0 Å². The van der Waals surface area contributed by atoms with Crippen molar-refractivity contribution in [3.63, 3.8) is 0 Å². The second-order valence-electron chi connectivity index (χ2n) is 10.1. The molecule has 0 amide bonds. The smallest absolute Gasteiger partial charge is 0.257 e. The number of hydrazine groups is 1. The summed E-state index contributed by atoms with van der Waals surface area (Å²) in [5.74, 6) is 0. The first-order valence-corrected chi connectivity index (χ1v) is 14.9. The van der Waals surface area contributed by atoms with Crippen molar-refractivity contribution in [2.24, 2.45) is 5.10 Å². The first-order valence-electron chi connectivity index (χ1n) is 13.4. The molecule has 1 saturated heterocycles.